The number of hydrogen-bond acceptors (Lipinski definition) is 5. The molecule has 148 valence electrons. The molecule has 0 bridgehead atoms. The van der Waals surface area contributed by atoms with Gasteiger partial charge in [-0.15, -0.1) is 0 Å². The number of rotatable bonds is 4. The Morgan fingerprint density at radius 1 is 1.21 bits per heavy atom. The molecule has 1 aromatic carbocycles. The molecule has 2 aliphatic rings. The Morgan fingerprint density at radius 2 is 1.93 bits per heavy atom. The summed E-state index contributed by atoms with van der Waals surface area (Å²) in [7, 11) is -3.68. The minimum atomic E-state index is -3.68. The molecule has 1 aromatic heterocycles. The minimum absolute atomic E-state index is 0.0804. The fraction of sp³-hybridized carbons (Fsp3) is 0.400. The van der Waals surface area contributed by atoms with Gasteiger partial charge in [0.2, 0.25) is 10.0 Å². The van der Waals surface area contributed by atoms with E-state index in [0.29, 0.717) is 24.5 Å². The summed E-state index contributed by atoms with van der Waals surface area (Å²) in [6, 6.07) is 8.35. The number of pyridine rings is 1. The molecule has 0 radical (unpaired) electrons. The van der Waals surface area contributed by atoms with Gasteiger partial charge in [-0.05, 0) is 56.7 Å². The Bertz CT molecular complexity index is 1040. The second kappa shape index (κ2) is 6.56. The van der Waals surface area contributed by atoms with Crippen LogP contribution in [0.25, 0.3) is 0 Å². The lowest BCUT2D eigenvalue weighted by Crippen LogP contribution is -2.58. The molecule has 2 aliphatic heterocycles. The number of carbonyl (C=O) groups is 1. The smallest absolute Gasteiger partial charge is 0.256 e. The normalized spacial score (nSPS) is 22.1. The molecule has 0 saturated carbocycles. The van der Waals surface area contributed by atoms with E-state index in [1.807, 2.05) is 26.8 Å². The number of amides is 1. The van der Waals surface area contributed by atoms with Gasteiger partial charge in [0.1, 0.15) is 5.75 Å². The second-order valence-electron chi connectivity index (χ2n) is 7.34. The number of benzene rings is 1. The standard InChI is InChI=1S/C20H23N3O4S/c1-4-27-15-5-7-16(8-6-15)28(25,26)22-9-10-23-19(24)17-12-21-14(2)11-18(17)20(23,3)13-22/h5-8,11-12H,4,9-10,13H2,1-3H3. The van der Waals surface area contributed by atoms with Crippen LogP contribution in [0.3, 0.4) is 0 Å². The van der Waals surface area contributed by atoms with E-state index in [1.54, 1.807) is 35.4 Å². The van der Waals surface area contributed by atoms with Crippen LogP contribution in [-0.2, 0) is 15.6 Å². The fourth-order valence-corrected chi connectivity index (χ4v) is 5.59. The first-order valence-electron chi connectivity index (χ1n) is 9.29. The van der Waals surface area contributed by atoms with E-state index >= 15 is 0 Å². The summed E-state index contributed by atoms with van der Waals surface area (Å²) in [5.74, 6) is 0.555. The summed E-state index contributed by atoms with van der Waals surface area (Å²) in [5.41, 5.74) is 1.52. The monoisotopic (exact) mass is 401 g/mol. The van der Waals surface area contributed by atoms with Crippen molar-refractivity contribution in [3.63, 3.8) is 0 Å². The Hall–Kier alpha value is -2.45. The highest BCUT2D eigenvalue weighted by Crippen LogP contribution is 2.42. The molecular weight excluding hydrogens is 378 g/mol. The summed E-state index contributed by atoms with van der Waals surface area (Å²) < 4.78 is 33.3. The number of sulfonamides is 1. The zero-order chi connectivity index (χ0) is 20.1. The van der Waals surface area contributed by atoms with Gasteiger partial charge in [-0.1, -0.05) is 0 Å². The number of fused-ring (bicyclic) bond motifs is 3. The summed E-state index contributed by atoms with van der Waals surface area (Å²) in [6.45, 7) is 7.02. The highest BCUT2D eigenvalue weighted by Gasteiger charge is 2.51. The average Bonchev–Trinajstić information content (AvgIpc) is 2.89. The Balaban J connectivity index is 1.67. The molecular formula is C20H23N3O4S. The second-order valence-corrected chi connectivity index (χ2v) is 9.28. The SMILES string of the molecule is CCOc1ccc(S(=O)(=O)N2CCN3C(=O)c4cnc(C)cc4C3(C)C2)cc1. The highest BCUT2D eigenvalue weighted by atomic mass is 32.2. The van der Waals surface area contributed by atoms with Crippen LogP contribution in [0.5, 0.6) is 5.75 Å². The lowest BCUT2D eigenvalue weighted by atomic mass is 9.90. The van der Waals surface area contributed by atoms with Gasteiger partial charge in [0, 0.05) is 31.5 Å². The van der Waals surface area contributed by atoms with Crippen LogP contribution in [-0.4, -0.2) is 54.8 Å². The maximum atomic E-state index is 13.2. The maximum absolute atomic E-state index is 13.2. The first-order valence-corrected chi connectivity index (χ1v) is 10.7. The summed E-state index contributed by atoms with van der Waals surface area (Å²) >= 11 is 0. The third kappa shape index (κ3) is 2.79. The maximum Gasteiger partial charge on any atom is 0.256 e. The molecule has 1 unspecified atom stereocenters. The van der Waals surface area contributed by atoms with Crippen molar-refractivity contribution in [2.24, 2.45) is 0 Å². The third-order valence-electron chi connectivity index (χ3n) is 5.52. The first kappa shape index (κ1) is 18.9. The van der Waals surface area contributed by atoms with Crippen LogP contribution in [0.15, 0.2) is 41.4 Å². The number of nitrogens with zero attached hydrogens (tertiary/aromatic N) is 3. The van der Waals surface area contributed by atoms with Crippen LogP contribution in [0, 0.1) is 6.92 Å². The van der Waals surface area contributed by atoms with Crippen molar-refractivity contribution < 1.29 is 17.9 Å². The Morgan fingerprint density at radius 3 is 2.61 bits per heavy atom. The Labute approximate surface area is 165 Å². The van der Waals surface area contributed by atoms with E-state index in [1.165, 1.54) is 4.31 Å². The van der Waals surface area contributed by atoms with E-state index in [-0.39, 0.29) is 23.9 Å². The van der Waals surface area contributed by atoms with E-state index in [2.05, 4.69) is 4.98 Å². The molecule has 4 rings (SSSR count). The average molecular weight is 401 g/mol. The number of piperazine rings is 1. The number of carbonyl (C=O) groups excluding carboxylic acids is 1. The molecule has 3 heterocycles. The van der Waals surface area contributed by atoms with Crippen molar-refractivity contribution in [3.05, 3.63) is 53.3 Å². The zero-order valence-corrected chi connectivity index (χ0v) is 17.0. The van der Waals surface area contributed by atoms with Gasteiger partial charge in [-0.2, -0.15) is 4.31 Å². The van der Waals surface area contributed by atoms with Gasteiger partial charge in [0.05, 0.1) is 22.6 Å². The molecule has 7 nitrogen and oxygen atoms in total. The number of aryl methyl sites for hydroxylation is 1. The fourth-order valence-electron chi connectivity index (χ4n) is 4.07. The molecule has 0 N–H and O–H groups in total. The lowest BCUT2D eigenvalue weighted by Gasteiger charge is -2.44. The largest absolute Gasteiger partial charge is 0.494 e. The van der Waals surface area contributed by atoms with Crippen LogP contribution < -0.4 is 4.74 Å². The quantitative estimate of drug-likeness (QED) is 0.784. The van der Waals surface area contributed by atoms with E-state index in [9.17, 15) is 13.2 Å². The zero-order valence-electron chi connectivity index (χ0n) is 16.2. The van der Waals surface area contributed by atoms with Crippen molar-refractivity contribution in [2.45, 2.75) is 31.2 Å². The summed E-state index contributed by atoms with van der Waals surface area (Å²) in [6.07, 6.45) is 1.60. The first-order chi connectivity index (χ1) is 13.3. The molecule has 8 heteroatoms. The van der Waals surface area contributed by atoms with Crippen molar-refractivity contribution in [2.75, 3.05) is 26.2 Å². The van der Waals surface area contributed by atoms with Crippen molar-refractivity contribution in [1.29, 1.82) is 0 Å². The van der Waals surface area contributed by atoms with Crippen molar-refractivity contribution in [3.8, 4) is 5.75 Å². The molecule has 0 spiro atoms. The van der Waals surface area contributed by atoms with Gasteiger partial charge in [0.25, 0.3) is 5.91 Å². The summed E-state index contributed by atoms with van der Waals surface area (Å²) in [5, 5.41) is 0. The molecule has 1 atom stereocenters. The van der Waals surface area contributed by atoms with E-state index in [4.69, 9.17) is 4.74 Å². The Kier molecular flexibility index (Phi) is 4.43. The van der Waals surface area contributed by atoms with Crippen molar-refractivity contribution >= 4 is 15.9 Å². The molecule has 0 aliphatic carbocycles. The van der Waals surface area contributed by atoms with Gasteiger partial charge < -0.3 is 9.64 Å². The predicted molar refractivity (Wildman–Crippen MR) is 104 cm³/mol. The summed E-state index contributed by atoms with van der Waals surface area (Å²) in [4.78, 5) is 19.0. The third-order valence-corrected chi connectivity index (χ3v) is 7.38. The van der Waals surface area contributed by atoms with Gasteiger partial charge in [0.15, 0.2) is 0 Å². The van der Waals surface area contributed by atoms with Crippen LogP contribution in [0.4, 0.5) is 0 Å². The van der Waals surface area contributed by atoms with Gasteiger partial charge in [-0.25, -0.2) is 8.42 Å². The predicted octanol–water partition coefficient (Wildman–Crippen LogP) is 2.16. The van der Waals surface area contributed by atoms with Crippen molar-refractivity contribution in [1.82, 2.24) is 14.2 Å². The topological polar surface area (TPSA) is 79.8 Å². The van der Waals surface area contributed by atoms with Crippen LogP contribution in [0.1, 0.15) is 35.5 Å². The number of hydrogen-bond donors (Lipinski definition) is 0. The minimum Gasteiger partial charge on any atom is -0.494 e. The highest BCUT2D eigenvalue weighted by molar-refractivity contribution is 7.89. The number of ether oxygens (including phenoxy) is 1. The molecule has 1 saturated heterocycles. The molecule has 1 fully saturated rings. The molecule has 2 aromatic rings. The lowest BCUT2D eigenvalue weighted by molar-refractivity contribution is 0.0376. The van der Waals surface area contributed by atoms with Crippen LogP contribution >= 0.6 is 0 Å². The molecule has 1 amide bonds. The van der Waals surface area contributed by atoms with Gasteiger partial charge >= 0.3 is 0 Å². The van der Waals surface area contributed by atoms with Crippen LogP contribution in [0.2, 0.25) is 0 Å². The van der Waals surface area contributed by atoms with Gasteiger partial charge in [-0.3, -0.25) is 9.78 Å². The van der Waals surface area contributed by atoms with E-state index in [0.717, 1.165) is 11.3 Å². The van der Waals surface area contributed by atoms with E-state index < -0.39 is 15.6 Å². The molecule has 28 heavy (non-hydrogen) atoms. The number of aromatic nitrogens is 1.